The maximum Gasteiger partial charge on any atom is 0.176 e. The van der Waals surface area contributed by atoms with E-state index < -0.39 is 6.10 Å². The maximum atomic E-state index is 13.6. The van der Waals surface area contributed by atoms with Gasteiger partial charge in [-0.2, -0.15) is 0 Å². The van der Waals surface area contributed by atoms with Gasteiger partial charge in [-0.05, 0) is 50.4 Å². The smallest absolute Gasteiger partial charge is 0.176 e. The summed E-state index contributed by atoms with van der Waals surface area (Å²) in [5, 5.41) is 11.2. The number of nitrogens with one attached hydrogen (secondary N) is 1. The van der Waals surface area contributed by atoms with Crippen molar-refractivity contribution < 1.29 is 14.6 Å². The number of aromatic amines is 1. The van der Waals surface area contributed by atoms with Crippen LogP contribution >= 0.6 is 0 Å². The van der Waals surface area contributed by atoms with E-state index in [1.807, 2.05) is 24.3 Å². The Balaban J connectivity index is 1.42. The molecule has 3 heterocycles. The van der Waals surface area contributed by atoms with Crippen LogP contribution in [-0.2, 0) is 9.53 Å². The standard InChI is InChI=1S/C25H33N3O3/c1-2-16-13-17-23(30)19(25-26-20-9-5-6-10-21(20)27-25)15-31-24(17)18(22(16)29)14-28-11-7-3-4-8-12-28/h5-6,9-10,15-18,22,24,29H,2-4,7-8,11-14H2,1H3,(H,26,27). The monoisotopic (exact) mass is 423 g/mol. The number of fused-ring (bicyclic) bond motifs is 2. The lowest BCUT2D eigenvalue weighted by molar-refractivity contribution is -0.140. The van der Waals surface area contributed by atoms with Crippen molar-refractivity contribution in [2.45, 2.75) is 57.7 Å². The summed E-state index contributed by atoms with van der Waals surface area (Å²) in [6.07, 6.45) is 7.44. The van der Waals surface area contributed by atoms with Gasteiger partial charge in [0.1, 0.15) is 11.9 Å². The largest absolute Gasteiger partial charge is 0.496 e. The lowest BCUT2D eigenvalue weighted by Gasteiger charge is -2.46. The summed E-state index contributed by atoms with van der Waals surface area (Å²) in [6.45, 7) is 5.07. The van der Waals surface area contributed by atoms with Crippen LogP contribution in [0.1, 0.15) is 51.3 Å². The van der Waals surface area contributed by atoms with Crippen molar-refractivity contribution in [2.24, 2.45) is 17.8 Å². The molecule has 0 bridgehead atoms. The molecule has 2 fully saturated rings. The first-order valence-corrected chi connectivity index (χ1v) is 11.9. The SMILES string of the molecule is CCC1CC2C(=O)C(c3nc4ccccc4[nH]3)=COC2C(CN2CCCCCC2)C1O. The Kier molecular flexibility index (Phi) is 5.85. The lowest BCUT2D eigenvalue weighted by Crippen LogP contribution is -2.55. The highest BCUT2D eigenvalue weighted by Crippen LogP contribution is 2.43. The van der Waals surface area contributed by atoms with E-state index in [0.29, 0.717) is 17.8 Å². The van der Waals surface area contributed by atoms with Crippen molar-refractivity contribution in [3.8, 4) is 0 Å². The third-order valence-electron chi connectivity index (χ3n) is 7.58. The molecule has 1 aromatic carbocycles. The van der Waals surface area contributed by atoms with E-state index in [2.05, 4.69) is 21.8 Å². The topological polar surface area (TPSA) is 78.5 Å². The number of H-pyrrole nitrogens is 1. The van der Waals surface area contributed by atoms with Gasteiger partial charge in [-0.1, -0.05) is 38.3 Å². The second kappa shape index (κ2) is 8.75. The molecule has 0 amide bonds. The van der Waals surface area contributed by atoms with Crippen molar-refractivity contribution in [3.63, 3.8) is 0 Å². The Labute approximate surface area is 183 Å². The zero-order valence-electron chi connectivity index (χ0n) is 18.3. The van der Waals surface area contributed by atoms with Crippen LogP contribution in [0, 0.1) is 17.8 Å². The molecular formula is C25H33N3O3. The summed E-state index contributed by atoms with van der Waals surface area (Å²) in [7, 11) is 0. The molecule has 0 spiro atoms. The molecule has 5 atom stereocenters. The minimum atomic E-state index is -0.427. The fraction of sp³-hybridized carbons (Fsp3) is 0.600. The zero-order chi connectivity index (χ0) is 21.4. The van der Waals surface area contributed by atoms with Gasteiger partial charge in [-0.15, -0.1) is 0 Å². The molecular weight excluding hydrogens is 390 g/mol. The van der Waals surface area contributed by atoms with Gasteiger partial charge >= 0.3 is 0 Å². The van der Waals surface area contributed by atoms with Gasteiger partial charge in [-0.3, -0.25) is 4.79 Å². The highest BCUT2D eigenvalue weighted by Gasteiger charge is 2.50. The molecule has 1 saturated heterocycles. The number of aliphatic hydroxyl groups is 1. The number of imidazole rings is 1. The van der Waals surface area contributed by atoms with Crippen molar-refractivity contribution in [3.05, 3.63) is 36.4 Å². The molecule has 6 nitrogen and oxygen atoms in total. The Morgan fingerprint density at radius 3 is 2.71 bits per heavy atom. The number of Topliss-reactive ketones (excluding diaryl/α,β-unsaturated/α-hetero) is 1. The minimum Gasteiger partial charge on any atom is -0.496 e. The van der Waals surface area contributed by atoms with E-state index >= 15 is 0 Å². The van der Waals surface area contributed by atoms with Gasteiger partial charge < -0.3 is 19.7 Å². The third-order valence-corrected chi connectivity index (χ3v) is 7.58. The molecule has 2 aliphatic heterocycles. The Bertz CT molecular complexity index is 927. The van der Waals surface area contributed by atoms with Crippen molar-refractivity contribution in [1.29, 1.82) is 0 Å². The molecule has 2 N–H and O–H groups in total. The van der Waals surface area contributed by atoms with Crippen LogP contribution in [-0.4, -0.2) is 57.6 Å². The number of likely N-dealkylation sites (tertiary alicyclic amines) is 1. The molecule has 3 aliphatic rings. The molecule has 1 saturated carbocycles. The van der Waals surface area contributed by atoms with E-state index in [4.69, 9.17) is 4.74 Å². The molecule has 0 radical (unpaired) electrons. The second-order valence-electron chi connectivity index (χ2n) is 9.48. The number of rotatable bonds is 4. The molecule has 166 valence electrons. The number of hydrogen-bond acceptors (Lipinski definition) is 5. The molecule has 1 aliphatic carbocycles. The predicted molar refractivity (Wildman–Crippen MR) is 120 cm³/mol. The summed E-state index contributed by atoms with van der Waals surface area (Å²) in [5.74, 6) is 0.535. The normalized spacial score (nSPS) is 32.3. The average molecular weight is 424 g/mol. The summed E-state index contributed by atoms with van der Waals surface area (Å²) in [6, 6.07) is 7.80. The number of allylic oxidation sites excluding steroid dienone is 1. The van der Waals surface area contributed by atoms with Crippen LogP contribution in [0.25, 0.3) is 16.6 Å². The lowest BCUT2D eigenvalue weighted by atomic mass is 9.67. The fourth-order valence-electron chi connectivity index (χ4n) is 5.79. The number of carbonyl (C=O) groups excluding carboxylic acids is 1. The molecule has 1 aromatic heterocycles. The maximum absolute atomic E-state index is 13.6. The summed E-state index contributed by atoms with van der Waals surface area (Å²) in [5.41, 5.74) is 2.29. The van der Waals surface area contributed by atoms with E-state index in [0.717, 1.165) is 37.1 Å². The number of carbonyl (C=O) groups is 1. The Morgan fingerprint density at radius 1 is 1.19 bits per heavy atom. The van der Waals surface area contributed by atoms with Gasteiger partial charge in [0, 0.05) is 12.5 Å². The summed E-state index contributed by atoms with van der Waals surface area (Å²) >= 11 is 0. The Hall–Kier alpha value is -2.18. The van der Waals surface area contributed by atoms with Crippen LogP contribution in [0.3, 0.4) is 0 Å². The van der Waals surface area contributed by atoms with Gasteiger partial charge in [0.15, 0.2) is 5.78 Å². The summed E-state index contributed by atoms with van der Waals surface area (Å²) < 4.78 is 6.23. The van der Waals surface area contributed by atoms with Gasteiger partial charge in [0.25, 0.3) is 0 Å². The van der Waals surface area contributed by atoms with Crippen LogP contribution in [0.5, 0.6) is 0 Å². The number of para-hydroxylation sites is 2. The number of nitrogens with zero attached hydrogens (tertiary/aromatic N) is 2. The zero-order valence-corrected chi connectivity index (χ0v) is 18.3. The molecule has 5 rings (SSSR count). The van der Waals surface area contributed by atoms with E-state index in [-0.39, 0.29) is 29.6 Å². The number of ether oxygens (including phenoxy) is 1. The second-order valence-corrected chi connectivity index (χ2v) is 9.48. The third kappa shape index (κ3) is 3.92. The first-order valence-electron chi connectivity index (χ1n) is 11.9. The summed E-state index contributed by atoms with van der Waals surface area (Å²) in [4.78, 5) is 24.0. The highest BCUT2D eigenvalue weighted by molar-refractivity contribution is 6.21. The highest BCUT2D eigenvalue weighted by atomic mass is 16.5. The van der Waals surface area contributed by atoms with Gasteiger partial charge in [0.2, 0.25) is 0 Å². The number of hydrogen-bond donors (Lipinski definition) is 2. The Morgan fingerprint density at radius 2 is 1.97 bits per heavy atom. The van der Waals surface area contributed by atoms with Gasteiger partial charge in [-0.25, -0.2) is 4.98 Å². The molecule has 5 unspecified atom stereocenters. The van der Waals surface area contributed by atoms with E-state index in [1.54, 1.807) is 6.26 Å². The number of benzene rings is 1. The number of aromatic nitrogens is 2. The van der Waals surface area contributed by atoms with Gasteiger partial charge in [0.05, 0.1) is 34.9 Å². The molecule has 2 aromatic rings. The van der Waals surface area contributed by atoms with Crippen molar-refractivity contribution >= 4 is 22.4 Å². The number of aliphatic hydroxyl groups excluding tert-OH is 1. The van der Waals surface area contributed by atoms with Crippen LogP contribution in [0.2, 0.25) is 0 Å². The number of ketones is 1. The van der Waals surface area contributed by atoms with Crippen LogP contribution in [0.4, 0.5) is 0 Å². The minimum absolute atomic E-state index is 0.0424. The molecule has 31 heavy (non-hydrogen) atoms. The van der Waals surface area contributed by atoms with Crippen LogP contribution in [0.15, 0.2) is 30.5 Å². The quantitative estimate of drug-likeness (QED) is 0.783. The van der Waals surface area contributed by atoms with Crippen LogP contribution < -0.4 is 0 Å². The average Bonchev–Trinajstić information content (AvgIpc) is 3.04. The van der Waals surface area contributed by atoms with Crippen molar-refractivity contribution in [2.75, 3.05) is 19.6 Å². The first kappa shape index (κ1) is 20.7. The predicted octanol–water partition coefficient (Wildman–Crippen LogP) is 3.77. The molecule has 6 heteroatoms. The van der Waals surface area contributed by atoms with E-state index in [1.165, 1.54) is 25.7 Å². The first-order chi connectivity index (χ1) is 15.2. The van der Waals surface area contributed by atoms with E-state index in [9.17, 15) is 9.90 Å². The van der Waals surface area contributed by atoms with Crippen molar-refractivity contribution in [1.82, 2.24) is 14.9 Å². The fourth-order valence-corrected chi connectivity index (χ4v) is 5.79.